The van der Waals surface area contributed by atoms with E-state index in [-0.39, 0.29) is 0 Å². The molecule has 4 rings (SSSR count). The zero-order valence-electron chi connectivity index (χ0n) is 14.7. The fourth-order valence-corrected chi connectivity index (χ4v) is 5.02. The summed E-state index contributed by atoms with van der Waals surface area (Å²) in [5, 5.41) is 0.821. The van der Waals surface area contributed by atoms with Crippen molar-refractivity contribution in [2.75, 3.05) is 40.3 Å². The van der Waals surface area contributed by atoms with Crippen LogP contribution in [0.3, 0.4) is 0 Å². The van der Waals surface area contributed by atoms with Crippen LogP contribution in [0.5, 0.6) is 5.75 Å². The first-order chi connectivity index (χ1) is 12.1. The van der Waals surface area contributed by atoms with E-state index in [0.717, 1.165) is 43.4 Å². The van der Waals surface area contributed by atoms with Gasteiger partial charge in [-0.15, -0.1) is 0 Å². The van der Waals surface area contributed by atoms with Gasteiger partial charge in [-0.1, -0.05) is 29.4 Å². The van der Waals surface area contributed by atoms with Gasteiger partial charge in [-0.05, 0) is 54.9 Å². The predicted octanol–water partition coefficient (Wildman–Crippen LogP) is 4.34. The summed E-state index contributed by atoms with van der Waals surface area (Å²) in [5.74, 6) is 0.916. The first kappa shape index (κ1) is 17.2. The van der Waals surface area contributed by atoms with Crippen LogP contribution in [0.4, 0.5) is 0 Å². The number of rotatable bonds is 2. The average molecular weight is 375 g/mol. The Morgan fingerprint density at radius 1 is 1.04 bits per heavy atom. The Morgan fingerprint density at radius 3 is 2.60 bits per heavy atom. The van der Waals surface area contributed by atoms with Crippen molar-refractivity contribution >= 4 is 23.4 Å². The standard InChI is InChI=1S/C20H23ClN2OS/c1-22-7-9-23(10-8-22)18-11-14-3-5-16(24-2)13-20(14)25-19-6-4-15(21)12-17(18)19/h3-6,12-13,18H,7-11H2,1-2H3. The minimum atomic E-state index is 0.379. The zero-order chi connectivity index (χ0) is 17.4. The van der Waals surface area contributed by atoms with Crippen LogP contribution in [-0.2, 0) is 6.42 Å². The normalized spacial score (nSPS) is 21.3. The first-order valence-electron chi connectivity index (χ1n) is 8.71. The van der Waals surface area contributed by atoms with Crippen LogP contribution in [0.15, 0.2) is 46.2 Å². The zero-order valence-corrected chi connectivity index (χ0v) is 16.2. The number of fused-ring (bicyclic) bond motifs is 2. The maximum atomic E-state index is 6.36. The fraction of sp³-hybridized carbons (Fsp3) is 0.400. The van der Waals surface area contributed by atoms with Gasteiger partial charge in [0.05, 0.1) is 7.11 Å². The lowest BCUT2D eigenvalue weighted by Crippen LogP contribution is -2.46. The Balaban J connectivity index is 1.76. The van der Waals surface area contributed by atoms with Gasteiger partial charge in [-0.3, -0.25) is 4.90 Å². The average Bonchev–Trinajstić information content (AvgIpc) is 2.78. The van der Waals surface area contributed by atoms with Crippen LogP contribution < -0.4 is 4.74 Å². The van der Waals surface area contributed by atoms with Gasteiger partial charge < -0.3 is 9.64 Å². The number of benzene rings is 2. The van der Waals surface area contributed by atoms with E-state index >= 15 is 0 Å². The summed E-state index contributed by atoms with van der Waals surface area (Å²) in [5.41, 5.74) is 2.75. The summed E-state index contributed by atoms with van der Waals surface area (Å²) in [6.45, 7) is 4.44. The highest BCUT2D eigenvalue weighted by Crippen LogP contribution is 2.44. The summed E-state index contributed by atoms with van der Waals surface area (Å²) in [6, 6.07) is 13.2. The number of hydrogen-bond donors (Lipinski definition) is 0. The van der Waals surface area contributed by atoms with Gasteiger partial charge in [-0.2, -0.15) is 0 Å². The molecule has 2 aromatic carbocycles. The summed E-state index contributed by atoms with van der Waals surface area (Å²) >= 11 is 8.19. The lowest BCUT2D eigenvalue weighted by atomic mass is 9.96. The summed E-state index contributed by atoms with van der Waals surface area (Å²) < 4.78 is 5.43. The van der Waals surface area contributed by atoms with Gasteiger partial charge in [0.1, 0.15) is 5.75 Å². The molecule has 2 aliphatic rings. The summed E-state index contributed by atoms with van der Waals surface area (Å²) in [6.07, 6.45) is 1.02. The molecule has 25 heavy (non-hydrogen) atoms. The van der Waals surface area contributed by atoms with Crippen molar-refractivity contribution in [1.82, 2.24) is 9.80 Å². The van der Waals surface area contributed by atoms with Gasteiger partial charge >= 0.3 is 0 Å². The fourth-order valence-electron chi connectivity index (χ4n) is 3.69. The second kappa shape index (κ2) is 7.20. The Kier molecular flexibility index (Phi) is 4.96. The molecular formula is C20H23ClN2OS. The van der Waals surface area contributed by atoms with Crippen LogP contribution in [0, 0.1) is 0 Å². The van der Waals surface area contributed by atoms with Crippen molar-refractivity contribution < 1.29 is 4.74 Å². The second-order valence-corrected chi connectivity index (χ2v) is 8.34. The molecule has 0 aromatic heterocycles. The lowest BCUT2D eigenvalue weighted by molar-refractivity contribution is 0.110. The van der Waals surface area contributed by atoms with Crippen molar-refractivity contribution in [2.45, 2.75) is 22.3 Å². The molecule has 2 aromatic rings. The Morgan fingerprint density at radius 2 is 1.84 bits per heavy atom. The number of piperazine rings is 1. The molecule has 132 valence electrons. The molecule has 0 N–H and O–H groups in total. The van der Waals surface area contributed by atoms with Gasteiger partial charge in [0, 0.05) is 47.0 Å². The van der Waals surface area contributed by atoms with E-state index in [2.05, 4.69) is 47.2 Å². The molecule has 1 fully saturated rings. The van der Waals surface area contributed by atoms with E-state index in [4.69, 9.17) is 16.3 Å². The van der Waals surface area contributed by atoms with Crippen LogP contribution in [-0.4, -0.2) is 50.1 Å². The highest BCUT2D eigenvalue weighted by Gasteiger charge is 2.29. The van der Waals surface area contributed by atoms with E-state index < -0.39 is 0 Å². The molecule has 0 saturated carbocycles. The minimum absolute atomic E-state index is 0.379. The minimum Gasteiger partial charge on any atom is -0.497 e. The van der Waals surface area contributed by atoms with Crippen molar-refractivity contribution in [3.05, 3.63) is 52.5 Å². The Hall–Kier alpha value is -1.20. The highest BCUT2D eigenvalue weighted by molar-refractivity contribution is 7.99. The van der Waals surface area contributed by atoms with Gasteiger partial charge in [0.2, 0.25) is 0 Å². The monoisotopic (exact) mass is 374 g/mol. The van der Waals surface area contributed by atoms with Crippen molar-refractivity contribution in [1.29, 1.82) is 0 Å². The van der Waals surface area contributed by atoms with Crippen molar-refractivity contribution in [3.63, 3.8) is 0 Å². The number of hydrogen-bond acceptors (Lipinski definition) is 4. The number of ether oxygens (including phenoxy) is 1. The molecule has 0 radical (unpaired) electrons. The summed E-state index contributed by atoms with van der Waals surface area (Å²) in [7, 11) is 3.93. The molecule has 0 amide bonds. The molecule has 0 bridgehead atoms. The number of methoxy groups -OCH3 is 1. The number of nitrogens with zero attached hydrogens (tertiary/aromatic N) is 2. The van der Waals surface area contributed by atoms with Crippen LogP contribution in [0.25, 0.3) is 0 Å². The number of halogens is 1. The largest absolute Gasteiger partial charge is 0.497 e. The second-order valence-electron chi connectivity index (χ2n) is 6.82. The maximum Gasteiger partial charge on any atom is 0.120 e. The SMILES string of the molecule is COc1ccc2c(c1)Sc1ccc(Cl)cc1C(N1CCN(C)CC1)C2. The molecule has 5 heteroatoms. The molecular weight excluding hydrogens is 352 g/mol. The van der Waals surface area contributed by atoms with Crippen molar-refractivity contribution in [2.24, 2.45) is 0 Å². The van der Waals surface area contributed by atoms with Crippen LogP contribution in [0.2, 0.25) is 5.02 Å². The van der Waals surface area contributed by atoms with E-state index in [1.54, 1.807) is 7.11 Å². The highest BCUT2D eigenvalue weighted by atomic mass is 35.5. The summed E-state index contributed by atoms with van der Waals surface area (Å²) in [4.78, 5) is 7.62. The Bertz CT molecular complexity index is 774. The van der Waals surface area contributed by atoms with Gasteiger partial charge in [0.15, 0.2) is 0 Å². The lowest BCUT2D eigenvalue weighted by Gasteiger charge is -2.38. The first-order valence-corrected chi connectivity index (χ1v) is 9.90. The molecule has 0 aliphatic carbocycles. The van der Waals surface area contributed by atoms with Crippen LogP contribution >= 0.6 is 23.4 Å². The van der Waals surface area contributed by atoms with Crippen LogP contribution in [0.1, 0.15) is 17.2 Å². The molecule has 3 nitrogen and oxygen atoms in total. The third-order valence-electron chi connectivity index (χ3n) is 5.22. The smallest absolute Gasteiger partial charge is 0.120 e. The van der Waals surface area contributed by atoms with Gasteiger partial charge in [0.25, 0.3) is 0 Å². The van der Waals surface area contributed by atoms with Gasteiger partial charge in [-0.25, -0.2) is 0 Å². The van der Waals surface area contributed by atoms with E-state index in [1.165, 1.54) is 20.9 Å². The third kappa shape index (κ3) is 3.54. The quantitative estimate of drug-likeness (QED) is 0.776. The predicted molar refractivity (Wildman–Crippen MR) is 104 cm³/mol. The number of likely N-dealkylation sites (N-methyl/N-ethyl adjacent to an activating group) is 1. The molecule has 1 atom stereocenters. The Labute approximate surface area is 158 Å². The van der Waals surface area contributed by atoms with E-state index in [1.807, 2.05) is 17.8 Å². The molecule has 1 unspecified atom stereocenters. The maximum absolute atomic E-state index is 6.36. The van der Waals surface area contributed by atoms with E-state index in [0.29, 0.717) is 6.04 Å². The molecule has 0 spiro atoms. The molecule has 2 heterocycles. The van der Waals surface area contributed by atoms with Crippen molar-refractivity contribution in [3.8, 4) is 5.75 Å². The third-order valence-corrected chi connectivity index (χ3v) is 6.64. The molecule has 2 aliphatic heterocycles. The topological polar surface area (TPSA) is 15.7 Å². The molecule has 1 saturated heterocycles. The van der Waals surface area contributed by atoms with E-state index in [9.17, 15) is 0 Å².